The summed E-state index contributed by atoms with van der Waals surface area (Å²) in [5.74, 6) is 3.05. The van der Waals surface area contributed by atoms with E-state index in [0.717, 1.165) is 30.7 Å². The Morgan fingerprint density at radius 1 is 1.11 bits per heavy atom. The normalized spacial score (nSPS) is 35.3. The van der Waals surface area contributed by atoms with Crippen LogP contribution < -0.4 is 0 Å². The molecule has 2 heteroatoms. The molecule has 0 heterocycles. The average Bonchev–Trinajstić information content (AvgIpc) is 3.05. The van der Waals surface area contributed by atoms with E-state index in [1.165, 1.54) is 51.4 Å². The summed E-state index contributed by atoms with van der Waals surface area (Å²) < 4.78 is 0. The van der Waals surface area contributed by atoms with Crippen molar-refractivity contribution < 1.29 is 4.79 Å². The van der Waals surface area contributed by atoms with Crippen LogP contribution in [0.2, 0.25) is 0 Å². The highest BCUT2D eigenvalue weighted by molar-refractivity contribution is 5.77. The first-order chi connectivity index (χ1) is 8.78. The number of carbonyl (C=O) groups is 1. The van der Waals surface area contributed by atoms with Gasteiger partial charge in [0.15, 0.2) is 0 Å². The molecule has 3 aliphatic rings. The zero-order valence-corrected chi connectivity index (χ0v) is 11.7. The van der Waals surface area contributed by atoms with Crippen LogP contribution in [0.4, 0.5) is 0 Å². The van der Waals surface area contributed by atoms with Crippen LogP contribution in [-0.2, 0) is 4.79 Å². The molecule has 2 bridgehead atoms. The standard InChI is InChI=1S/C16H27NO/c1-2-17(15-5-3-4-6-15)16(18)11-14-10-12-7-8-13(14)9-12/h12-15H,2-11H2,1H3/t12-,13-,14+/m0/s1. The maximum absolute atomic E-state index is 12.5. The topological polar surface area (TPSA) is 20.3 Å². The number of nitrogens with zero attached hydrogens (tertiary/aromatic N) is 1. The molecule has 1 amide bonds. The number of carbonyl (C=O) groups excluding carboxylic acids is 1. The Hall–Kier alpha value is -0.530. The SMILES string of the molecule is CCN(C(=O)C[C@H]1C[C@H]2CC[C@H]1C2)C1CCCC1. The number of hydrogen-bond donors (Lipinski definition) is 0. The Kier molecular flexibility index (Phi) is 3.63. The zero-order chi connectivity index (χ0) is 12.5. The lowest BCUT2D eigenvalue weighted by molar-refractivity contribution is -0.134. The summed E-state index contributed by atoms with van der Waals surface area (Å²) in [5.41, 5.74) is 0. The number of amides is 1. The molecular formula is C16H27NO. The van der Waals surface area contributed by atoms with Crippen LogP contribution in [0.25, 0.3) is 0 Å². The number of fused-ring (bicyclic) bond motifs is 2. The molecule has 0 saturated heterocycles. The lowest BCUT2D eigenvalue weighted by Gasteiger charge is -2.30. The van der Waals surface area contributed by atoms with Crippen molar-refractivity contribution in [1.82, 2.24) is 4.90 Å². The van der Waals surface area contributed by atoms with E-state index in [-0.39, 0.29) is 0 Å². The summed E-state index contributed by atoms with van der Waals surface area (Å²) in [4.78, 5) is 14.7. The third-order valence-corrected chi connectivity index (χ3v) is 5.75. The van der Waals surface area contributed by atoms with E-state index >= 15 is 0 Å². The van der Waals surface area contributed by atoms with Gasteiger partial charge >= 0.3 is 0 Å². The molecule has 3 rings (SSSR count). The van der Waals surface area contributed by atoms with Crippen LogP contribution in [0.5, 0.6) is 0 Å². The highest BCUT2D eigenvalue weighted by Crippen LogP contribution is 2.49. The predicted octanol–water partition coefficient (Wildman–Crippen LogP) is 3.60. The molecule has 0 spiro atoms. The molecule has 3 fully saturated rings. The average molecular weight is 249 g/mol. The minimum atomic E-state index is 0.460. The number of hydrogen-bond acceptors (Lipinski definition) is 1. The molecule has 3 aliphatic carbocycles. The molecule has 0 aliphatic heterocycles. The fourth-order valence-electron chi connectivity index (χ4n) is 4.82. The molecule has 18 heavy (non-hydrogen) atoms. The molecule has 102 valence electrons. The lowest BCUT2D eigenvalue weighted by atomic mass is 9.86. The molecule has 0 N–H and O–H groups in total. The van der Waals surface area contributed by atoms with Crippen molar-refractivity contribution >= 4 is 5.91 Å². The molecule has 2 nitrogen and oxygen atoms in total. The van der Waals surface area contributed by atoms with Crippen molar-refractivity contribution in [3.05, 3.63) is 0 Å². The highest BCUT2D eigenvalue weighted by Gasteiger charge is 2.41. The maximum atomic E-state index is 12.5. The molecule has 3 saturated carbocycles. The second kappa shape index (κ2) is 5.22. The Balaban J connectivity index is 1.56. The van der Waals surface area contributed by atoms with Crippen LogP contribution in [0, 0.1) is 17.8 Å². The van der Waals surface area contributed by atoms with Crippen molar-refractivity contribution in [1.29, 1.82) is 0 Å². The molecule has 0 aromatic carbocycles. The summed E-state index contributed by atoms with van der Waals surface area (Å²) in [7, 11) is 0. The summed E-state index contributed by atoms with van der Waals surface area (Å²) in [5, 5.41) is 0. The molecule has 3 atom stereocenters. The molecule has 0 radical (unpaired) electrons. The molecule has 0 aromatic rings. The molecule has 0 aromatic heterocycles. The van der Waals surface area contributed by atoms with Crippen LogP contribution in [0.1, 0.15) is 64.7 Å². The van der Waals surface area contributed by atoms with Crippen LogP contribution in [0.15, 0.2) is 0 Å². The highest BCUT2D eigenvalue weighted by atomic mass is 16.2. The van der Waals surface area contributed by atoms with Gasteiger partial charge in [-0.1, -0.05) is 19.3 Å². The van der Waals surface area contributed by atoms with Crippen molar-refractivity contribution in [2.45, 2.75) is 70.8 Å². The smallest absolute Gasteiger partial charge is 0.223 e. The maximum Gasteiger partial charge on any atom is 0.223 e. The minimum absolute atomic E-state index is 0.460. The summed E-state index contributed by atoms with van der Waals surface area (Å²) in [6.45, 7) is 3.07. The van der Waals surface area contributed by atoms with Crippen molar-refractivity contribution in [2.75, 3.05) is 6.54 Å². The third-order valence-electron chi connectivity index (χ3n) is 5.75. The first kappa shape index (κ1) is 12.5. The van der Waals surface area contributed by atoms with Gasteiger partial charge in [0.2, 0.25) is 5.91 Å². The Labute approximate surface area is 111 Å². The Bertz CT molecular complexity index is 308. The van der Waals surface area contributed by atoms with Gasteiger partial charge in [-0.25, -0.2) is 0 Å². The zero-order valence-electron chi connectivity index (χ0n) is 11.7. The largest absolute Gasteiger partial charge is 0.340 e. The predicted molar refractivity (Wildman–Crippen MR) is 73.2 cm³/mol. The van der Waals surface area contributed by atoms with Gasteiger partial charge in [-0.2, -0.15) is 0 Å². The Morgan fingerprint density at radius 2 is 1.89 bits per heavy atom. The van der Waals surface area contributed by atoms with Gasteiger partial charge in [0, 0.05) is 19.0 Å². The van der Waals surface area contributed by atoms with E-state index < -0.39 is 0 Å². The molecule has 0 unspecified atom stereocenters. The van der Waals surface area contributed by atoms with E-state index in [4.69, 9.17) is 0 Å². The van der Waals surface area contributed by atoms with Crippen LogP contribution >= 0.6 is 0 Å². The second-order valence-corrected chi connectivity index (χ2v) is 6.76. The summed E-state index contributed by atoms with van der Waals surface area (Å²) >= 11 is 0. The van der Waals surface area contributed by atoms with Gasteiger partial charge in [0.1, 0.15) is 0 Å². The Morgan fingerprint density at radius 3 is 2.44 bits per heavy atom. The van der Waals surface area contributed by atoms with Gasteiger partial charge in [-0.15, -0.1) is 0 Å². The van der Waals surface area contributed by atoms with Gasteiger partial charge in [0.05, 0.1) is 0 Å². The summed E-state index contributed by atoms with van der Waals surface area (Å²) in [6, 6.07) is 0.570. The lowest BCUT2D eigenvalue weighted by Crippen LogP contribution is -2.39. The van der Waals surface area contributed by atoms with Crippen LogP contribution in [0.3, 0.4) is 0 Å². The van der Waals surface area contributed by atoms with Crippen molar-refractivity contribution in [2.24, 2.45) is 17.8 Å². The first-order valence-corrected chi connectivity index (χ1v) is 8.07. The minimum Gasteiger partial charge on any atom is -0.340 e. The first-order valence-electron chi connectivity index (χ1n) is 8.07. The molecular weight excluding hydrogens is 222 g/mol. The van der Waals surface area contributed by atoms with E-state index in [9.17, 15) is 4.79 Å². The monoisotopic (exact) mass is 249 g/mol. The van der Waals surface area contributed by atoms with E-state index in [1.807, 2.05) is 0 Å². The van der Waals surface area contributed by atoms with Crippen molar-refractivity contribution in [3.8, 4) is 0 Å². The van der Waals surface area contributed by atoms with Gasteiger partial charge in [0.25, 0.3) is 0 Å². The van der Waals surface area contributed by atoms with Gasteiger partial charge < -0.3 is 4.90 Å². The third kappa shape index (κ3) is 2.31. The van der Waals surface area contributed by atoms with Gasteiger partial charge in [-0.05, 0) is 56.8 Å². The second-order valence-electron chi connectivity index (χ2n) is 6.76. The summed E-state index contributed by atoms with van der Waals surface area (Å²) in [6.07, 6.45) is 11.6. The number of rotatable bonds is 4. The fourth-order valence-corrected chi connectivity index (χ4v) is 4.82. The van der Waals surface area contributed by atoms with Crippen molar-refractivity contribution in [3.63, 3.8) is 0 Å². The van der Waals surface area contributed by atoms with Crippen LogP contribution in [-0.4, -0.2) is 23.4 Å². The fraction of sp³-hybridized carbons (Fsp3) is 0.938. The van der Waals surface area contributed by atoms with Gasteiger partial charge in [-0.3, -0.25) is 4.79 Å². The van der Waals surface area contributed by atoms with E-state index in [1.54, 1.807) is 0 Å². The van der Waals surface area contributed by atoms with E-state index in [0.29, 0.717) is 11.9 Å². The van der Waals surface area contributed by atoms with E-state index in [2.05, 4.69) is 11.8 Å². The quantitative estimate of drug-likeness (QED) is 0.745.